The van der Waals surface area contributed by atoms with Gasteiger partial charge in [-0.1, -0.05) is 11.6 Å². The zero-order valence-corrected chi connectivity index (χ0v) is 18.3. The third-order valence-electron chi connectivity index (χ3n) is 6.26. The maximum Gasteiger partial charge on any atom is 0.292 e. The Morgan fingerprint density at radius 1 is 1.13 bits per heavy atom. The Hall–Kier alpha value is -2.29. The summed E-state index contributed by atoms with van der Waals surface area (Å²) in [5.41, 5.74) is 1.27. The second-order valence-corrected chi connectivity index (χ2v) is 9.86. The number of nitrogens with zero attached hydrogens (tertiary/aromatic N) is 1. The number of ketones is 1. The van der Waals surface area contributed by atoms with Gasteiger partial charge in [-0.25, -0.2) is 4.98 Å². The molecule has 4 atom stereocenters. The maximum atomic E-state index is 12.6. The highest BCUT2D eigenvalue weighted by Crippen LogP contribution is 2.39. The van der Waals surface area contributed by atoms with Crippen molar-refractivity contribution >= 4 is 45.7 Å². The fourth-order valence-electron chi connectivity index (χ4n) is 4.65. The molecule has 1 unspecified atom stereocenters. The molecule has 9 heteroatoms. The van der Waals surface area contributed by atoms with Crippen molar-refractivity contribution in [3.05, 3.63) is 45.4 Å². The van der Waals surface area contributed by atoms with Crippen LogP contribution in [0, 0.1) is 5.92 Å². The molecule has 3 aliphatic rings. The van der Waals surface area contributed by atoms with Crippen LogP contribution in [0.4, 0.5) is 5.13 Å². The number of ether oxygens (including phenoxy) is 1. The summed E-state index contributed by atoms with van der Waals surface area (Å²) in [7, 11) is 0. The first-order valence-corrected chi connectivity index (χ1v) is 11.7. The lowest BCUT2D eigenvalue weighted by Crippen LogP contribution is -2.42. The van der Waals surface area contributed by atoms with Crippen LogP contribution in [0.15, 0.2) is 24.3 Å². The van der Waals surface area contributed by atoms with Gasteiger partial charge in [0.1, 0.15) is 0 Å². The number of nitrogens with one attached hydrogen (secondary N) is 2. The molecule has 162 valence electrons. The number of hydrogen-bond acceptors (Lipinski definition) is 6. The summed E-state index contributed by atoms with van der Waals surface area (Å²) in [5.74, 6) is -1.31. The quantitative estimate of drug-likeness (QED) is 0.528. The lowest BCUT2D eigenvalue weighted by Gasteiger charge is -2.21. The largest absolute Gasteiger partial charge is 0.374 e. The van der Waals surface area contributed by atoms with Gasteiger partial charge in [-0.15, -0.1) is 11.3 Å². The molecule has 1 aromatic heterocycles. The fraction of sp³-hybridized carbons (Fsp3) is 0.455. The highest BCUT2D eigenvalue weighted by Gasteiger charge is 2.44. The van der Waals surface area contributed by atoms with E-state index in [1.165, 1.54) is 11.3 Å². The fourth-order valence-corrected chi connectivity index (χ4v) is 5.86. The number of benzene rings is 1. The van der Waals surface area contributed by atoms with Gasteiger partial charge in [0.2, 0.25) is 11.7 Å². The number of Topliss-reactive ketones (excluding diaryl/α,β-unsaturated/α-hetero) is 1. The number of aromatic nitrogens is 1. The van der Waals surface area contributed by atoms with Crippen LogP contribution < -0.4 is 10.6 Å². The predicted octanol–water partition coefficient (Wildman–Crippen LogP) is 3.16. The summed E-state index contributed by atoms with van der Waals surface area (Å²) in [6, 6.07) is 6.13. The normalized spacial score (nSPS) is 26.4. The third kappa shape index (κ3) is 4.24. The number of rotatable bonds is 5. The van der Waals surface area contributed by atoms with E-state index in [-0.39, 0.29) is 30.1 Å². The molecular weight excluding hydrogens is 438 g/mol. The summed E-state index contributed by atoms with van der Waals surface area (Å²) in [4.78, 5) is 43.0. The van der Waals surface area contributed by atoms with Gasteiger partial charge in [-0.2, -0.15) is 0 Å². The number of amides is 2. The number of halogens is 1. The standard InChI is InChI=1S/C22H22ClN3O4S/c23-12-3-1-11(2-4-12)19(27)21(29)24-13-5-7-16-18(9-13)31-22(25-16)26-20(28)15-10-14-6-8-17(15)30-14/h1-4,13-15,17H,5-10H2,(H,24,29)(H,25,26,28)/t13?,14-,15+,17-/m1/s1. The van der Waals surface area contributed by atoms with Crippen molar-refractivity contribution in [1.82, 2.24) is 10.3 Å². The number of anilines is 1. The molecule has 2 aliphatic heterocycles. The molecular formula is C22H22ClN3O4S. The van der Waals surface area contributed by atoms with E-state index in [1.54, 1.807) is 24.3 Å². The number of aryl methyl sites for hydroxylation is 1. The van der Waals surface area contributed by atoms with Crippen LogP contribution in [0.2, 0.25) is 5.02 Å². The number of thiazole rings is 1. The Morgan fingerprint density at radius 3 is 2.65 bits per heavy atom. The van der Waals surface area contributed by atoms with Crippen LogP contribution in [-0.4, -0.2) is 40.8 Å². The SMILES string of the molecule is O=C(NC1CCc2nc(NC(=O)[C@H]3C[C@H]4CC[C@H]3O4)sc2C1)C(=O)c1ccc(Cl)cc1. The molecule has 2 fully saturated rings. The highest BCUT2D eigenvalue weighted by atomic mass is 35.5. The van der Waals surface area contributed by atoms with Gasteiger partial charge in [-0.3, -0.25) is 14.4 Å². The highest BCUT2D eigenvalue weighted by molar-refractivity contribution is 7.15. The Bertz CT molecular complexity index is 1040. The van der Waals surface area contributed by atoms with Crippen molar-refractivity contribution in [2.24, 2.45) is 5.92 Å². The van der Waals surface area contributed by atoms with Crippen LogP contribution in [0.1, 0.15) is 46.6 Å². The summed E-state index contributed by atoms with van der Waals surface area (Å²) in [6.07, 6.45) is 5.04. The van der Waals surface area contributed by atoms with Crippen molar-refractivity contribution in [3.8, 4) is 0 Å². The van der Waals surface area contributed by atoms with E-state index in [2.05, 4.69) is 15.6 Å². The summed E-state index contributed by atoms with van der Waals surface area (Å²) >= 11 is 7.28. The summed E-state index contributed by atoms with van der Waals surface area (Å²) in [5, 5.41) is 6.91. The van der Waals surface area contributed by atoms with Crippen LogP contribution in [0.25, 0.3) is 0 Å². The van der Waals surface area contributed by atoms with E-state index in [0.29, 0.717) is 35.0 Å². The summed E-state index contributed by atoms with van der Waals surface area (Å²) < 4.78 is 5.78. The van der Waals surface area contributed by atoms with Crippen molar-refractivity contribution < 1.29 is 19.1 Å². The van der Waals surface area contributed by atoms with Crippen LogP contribution in [0.5, 0.6) is 0 Å². The van der Waals surface area contributed by atoms with E-state index in [0.717, 1.165) is 29.8 Å². The number of hydrogen-bond donors (Lipinski definition) is 2. The Balaban J connectivity index is 1.18. The molecule has 0 saturated carbocycles. The van der Waals surface area contributed by atoms with Gasteiger partial charge >= 0.3 is 0 Å². The van der Waals surface area contributed by atoms with Gasteiger partial charge < -0.3 is 15.4 Å². The molecule has 1 aliphatic carbocycles. The van der Waals surface area contributed by atoms with Crippen molar-refractivity contribution in [2.45, 2.75) is 56.8 Å². The van der Waals surface area contributed by atoms with E-state index >= 15 is 0 Å². The first-order valence-electron chi connectivity index (χ1n) is 10.5. The predicted molar refractivity (Wildman–Crippen MR) is 116 cm³/mol. The van der Waals surface area contributed by atoms with E-state index < -0.39 is 11.7 Å². The number of carbonyl (C=O) groups is 3. The molecule has 0 spiro atoms. The number of fused-ring (bicyclic) bond motifs is 3. The van der Waals surface area contributed by atoms with Crippen molar-refractivity contribution in [2.75, 3.05) is 5.32 Å². The first-order chi connectivity index (χ1) is 15.0. The average molecular weight is 460 g/mol. The van der Waals surface area contributed by atoms with Crippen LogP contribution >= 0.6 is 22.9 Å². The Labute approximate surface area is 188 Å². The molecule has 0 radical (unpaired) electrons. The molecule has 2 amide bonds. The lowest BCUT2D eigenvalue weighted by atomic mass is 9.89. The van der Waals surface area contributed by atoms with E-state index in [4.69, 9.17) is 16.3 Å². The van der Waals surface area contributed by atoms with Gasteiger partial charge in [-0.05, 0) is 56.4 Å². The van der Waals surface area contributed by atoms with Gasteiger partial charge in [0.25, 0.3) is 5.91 Å². The van der Waals surface area contributed by atoms with Crippen LogP contribution in [0.3, 0.4) is 0 Å². The second kappa shape index (κ2) is 8.33. The molecule has 2 saturated heterocycles. The van der Waals surface area contributed by atoms with Crippen molar-refractivity contribution in [1.29, 1.82) is 0 Å². The van der Waals surface area contributed by atoms with Crippen molar-refractivity contribution in [3.63, 3.8) is 0 Å². The maximum absolute atomic E-state index is 12.6. The van der Waals surface area contributed by atoms with Gasteiger partial charge in [0, 0.05) is 27.9 Å². The first kappa shape index (κ1) is 20.6. The molecule has 2 bridgehead atoms. The minimum absolute atomic E-state index is 0.0169. The Morgan fingerprint density at radius 2 is 1.94 bits per heavy atom. The topological polar surface area (TPSA) is 97.4 Å². The molecule has 7 nitrogen and oxygen atoms in total. The Kier molecular flexibility index (Phi) is 5.54. The average Bonchev–Trinajstić information content (AvgIpc) is 3.48. The smallest absolute Gasteiger partial charge is 0.292 e. The minimum Gasteiger partial charge on any atom is -0.374 e. The molecule has 5 rings (SSSR count). The van der Waals surface area contributed by atoms with Gasteiger partial charge in [0.05, 0.1) is 23.8 Å². The monoisotopic (exact) mass is 459 g/mol. The summed E-state index contributed by atoms with van der Waals surface area (Å²) in [6.45, 7) is 0. The number of carbonyl (C=O) groups excluding carboxylic acids is 3. The zero-order valence-electron chi connectivity index (χ0n) is 16.7. The van der Waals surface area contributed by atoms with E-state index in [1.807, 2.05) is 0 Å². The molecule has 2 N–H and O–H groups in total. The minimum atomic E-state index is -0.620. The second-order valence-electron chi connectivity index (χ2n) is 8.34. The molecule has 31 heavy (non-hydrogen) atoms. The van der Waals surface area contributed by atoms with E-state index in [9.17, 15) is 14.4 Å². The third-order valence-corrected chi connectivity index (χ3v) is 7.55. The van der Waals surface area contributed by atoms with Gasteiger partial charge in [0.15, 0.2) is 5.13 Å². The lowest BCUT2D eigenvalue weighted by molar-refractivity contribution is -0.121. The zero-order chi connectivity index (χ0) is 21.5. The molecule has 1 aromatic carbocycles. The van der Waals surface area contributed by atoms with Crippen LogP contribution in [-0.2, 0) is 27.2 Å². The molecule has 3 heterocycles. The molecule has 2 aromatic rings.